The van der Waals surface area contributed by atoms with Gasteiger partial charge in [0.15, 0.2) is 8.32 Å². The predicted molar refractivity (Wildman–Crippen MR) is 102 cm³/mol. The van der Waals surface area contributed by atoms with Gasteiger partial charge in [-0.1, -0.05) is 20.8 Å². The molecule has 25 heavy (non-hydrogen) atoms. The maximum Gasteiger partial charge on any atom is 0.240 e. The largest absolute Gasteiger partial charge is 0.415 e. The molecule has 0 bridgehead atoms. The van der Waals surface area contributed by atoms with E-state index < -0.39 is 8.32 Å². The smallest absolute Gasteiger partial charge is 0.240 e. The van der Waals surface area contributed by atoms with Crippen LogP contribution in [0.5, 0.6) is 0 Å². The standard InChI is InChI=1S/C18H35N3O3Si/c1-11-16(23)21-12(10-24-25(8,9)18(5,6)7)14(21)13(19-11)15(22)20-17(2,3)4/h11-14,19H,10H2,1-9H3,(H,20,22)/t11-,12+,13+,14+,21?/m0/s1. The third-order valence-electron chi connectivity index (χ3n) is 5.58. The summed E-state index contributed by atoms with van der Waals surface area (Å²) < 4.78 is 6.31. The summed E-state index contributed by atoms with van der Waals surface area (Å²) in [7, 11) is -1.88. The van der Waals surface area contributed by atoms with Gasteiger partial charge in [-0.05, 0) is 45.8 Å². The lowest BCUT2D eigenvalue weighted by Crippen LogP contribution is -2.60. The highest BCUT2D eigenvalue weighted by molar-refractivity contribution is 6.74. The number of carbonyl (C=O) groups is 2. The van der Waals surface area contributed by atoms with Crippen molar-refractivity contribution in [2.75, 3.05) is 6.61 Å². The van der Waals surface area contributed by atoms with E-state index in [1.54, 1.807) is 0 Å². The molecular weight excluding hydrogens is 334 g/mol. The zero-order valence-electron chi connectivity index (χ0n) is 17.2. The van der Waals surface area contributed by atoms with Crippen LogP contribution in [0.25, 0.3) is 0 Å². The molecule has 0 unspecified atom stereocenters. The summed E-state index contributed by atoms with van der Waals surface area (Å²) in [5.41, 5.74) is -0.295. The topological polar surface area (TPSA) is 70.4 Å². The minimum absolute atomic E-state index is 0.00482. The lowest BCUT2D eigenvalue weighted by molar-refractivity contribution is -0.133. The van der Waals surface area contributed by atoms with E-state index in [2.05, 4.69) is 44.5 Å². The van der Waals surface area contributed by atoms with Crippen LogP contribution in [0.2, 0.25) is 18.1 Å². The third-order valence-corrected chi connectivity index (χ3v) is 10.1. The van der Waals surface area contributed by atoms with Crippen molar-refractivity contribution >= 4 is 20.1 Å². The summed E-state index contributed by atoms with van der Waals surface area (Å²) in [5.74, 6) is 0.0188. The van der Waals surface area contributed by atoms with Gasteiger partial charge in [-0.15, -0.1) is 0 Å². The number of rotatable bonds is 4. The number of hydrogen-bond acceptors (Lipinski definition) is 4. The predicted octanol–water partition coefficient (Wildman–Crippen LogP) is 1.86. The Kier molecular flexibility index (Phi) is 5.18. The maximum atomic E-state index is 12.7. The quantitative estimate of drug-likeness (QED) is 0.586. The number of piperazine rings is 1. The first kappa shape index (κ1) is 20.4. The van der Waals surface area contributed by atoms with Gasteiger partial charge in [0.2, 0.25) is 11.8 Å². The van der Waals surface area contributed by atoms with Gasteiger partial charge in [0.25, 0.3) is 0 Å². The van der Waals surface area contributed by atoms with Crippen molar-refractivity contribution in [3.8, 4) is 0 Å². The fourth-order valence-corrected chi connectivity index (χ4v) is 4.04. The molecule has 0 aromatic heterocycles. The van der Waals surface area contributed by atoms with E-state index in [0.29, 0.717) is 6.61 Å². The van der Waals surface area contributed by atoms with Crippen molar-refractivity contribution in [3.05, 3.63) is 0 Å². The highest BCUT2D eigenvalue weighted by atomic mass is 28.4. The van der Waals surface area contributed by atoms with E-state index in [0.717, 1.165) is 0 Å². The average molecular weight is 370 g/mol. The molecule has 2 aliphatic heterocycles. The summed E-state index contributed by atoms with van der Waals surface area (Å²) >= 11 is 0. The molecule has 2 fully saturated rings. The maximum absolute atomic E-state index is 12.7. The van der Waals surface area contributed by atoms with Crippen LogP contribution in [0.1, 0.15) is 48.5 Å². The van der Waals surface area contributed by atoms with Gasteiger partial charge in [-0.2, -0.15) is 0 Å². The Balaban J connectivity index is 2.07. The fraction of sp³-hybridized carbons (Fsp3) is 0.889. The Morgan fingerprint density at radius 1 is 1.24 bits per heavy atom. The van der Waals surface area contributed by atoms with Crippen molar-refractivity contribution in [1.82, 2.24) is 15.5 Å². The van der Waals surface area contributed by atoms with Crippen LogP contribution >= 0.6 is 0 Å². The molecule has 6 nitrogen and oxygen atoms in total. The summed E-state index contributed by atoms with van der Waals surface area (Å²) in [5, 5.41) is 6.34. The zero-order chi connectivity index (χ0) is 19.4. The van der Waals surface area contributed by atoms with E-state index in [9.17, 15) is 9.59 Å². The monoisotopic (exact) mass is 369 g/mol. The van der Waals surface area contributed by atoms with E-state index >= 15 is 0 Å². The molecule has 0 spiro atoms. The lowest BCUT2D eigenvalue weighted by atomic mass is 10.0. The summed E-state index contributed by atoms with van der Waals surface area (Å²) in [4.78, 5) is 26.9. The van der Waals surface area contributed by atoms with Gasteiger partial charge in [0, 0.05) is 5.54 Å². The summed E-state index contributed by atoms with van der Waals surface area (Å²) in [6, 6.07) is -0.824. The average Bonchev–Trinajstić information content (AvgIpc) is 3.12. The third kappa shape index (κ3) is 4.26. The normalized spacial score (nSPS) is 30.1. The molecule has 0 saturated carbocycles. The van der Waals surface area contributed by atoms with Gasteiger partial charge < -0.3 is 14.6 Å². The van der Waals surface area contributed by atoms with Crippen molar-refractivity contribution < 1.29 is 14.0 Å². The first-order valence-corrected chi connectivity index (χ1v) is 12.1. The van der Waals surface area contributed by atoms with Gasteiger partial charge in [-0.3, -0.25) is 14.9 Å². The summed E-state index contributed by atoms with van der Waals surface area (Å²) in [6.07, 6.45) is 0. The molecule has 2 N–H and O–H groups in total. The Labute approximate surface area is 153 Å². The van der Waals surface area contributed by atoms with Crippen molar-refractivity contribution in [1.29, 1.82) is 0 Å². The minimum Gasteiger partial charge on any atom is -0.415 e. The van der Waals surface area contributed by atoms with Crippen LogP contribution < -0.4 is 10.6 Å². The Hall–Kier alpha value is -0.923. The van der Waals surface area contributed by atoms with Crippen molar-refractivity contribution in [2.24, 2.45) is 0 Å². The first-order chi connectivity index (χ1) is 11.2. The van der Waals surface area contributed by atoms with Crippen LogP contribution in [-0.2, 0) is 14.0 Å². The molecule has 0 radical (unpaired) electrons. The lowest BCUT2D eigenvalue weighted by Gasteiger charge is -2.36. The van der Waals surface area contributed by atoms with Crippen LogP contribution in [-0.4, -0.2) is 61.3 Å². The van der Waals surface area contributed by atoms with Crippen molar-refractivity contribution in [2.45, 2.75) is 96.3 Å². The van der Waals surface area contributed by atoms with E-state index in [-0.39, 0.29) is 46.6 Å². The molecule has 0 aliphatic carbocycles. The van der Waals surface area contributed by atoms with Gasteiger partial charge in [0.05, 0.1) is 24.7 Å². The van der Waals surface area contributed by atoms with Crippen LogP contribution in [0.3, 0.4) is 0 Å². The van der Waals surface area contributed by atoms with Crippen LogP contribution in [0.15, 0.2) is 0 Å². The highest BCUT2D eigenvalue weighted by Crippen LogP contribution is 2.40. The molecule has 0 aromatic carbocycles. The number of fused-ring (bicyclic) bond motifs is 1. The van der Waals surface area contributed by atoms with Crippen molar-refractivity contribution in [3.63, 3.8) is 0 Å². The zero-order valence-corrected chi connectivity index (χ0v) is 18.2. The molecule has 2 amide bonds. The molecule has 0 aromatic rings. The van der Waals surface area contributed by atoms with Crippen LogP contribution in [0, 0.1) is 0 Å². The van der Waals surface area contributed by atoms with E-state index in [1.165, 1.54) is 0 Å². The highest BCUT2D eigenvalue weighted by Gasteiger charge is 2.61. The van der Waals surface area contributed by atoms with E-state index in [4.69, 9.17) is 4.43 Å². The Morgan fingerprint density at radius 2 is 1.80 bits per heavy atom. The Morgan fingerprint density at radius 3 is 2.28 bits per heavy atom. The minimum atomic E-state index is -1.88. The SMILES string of the molecule is C[C@@H]1N[C@@H](C(=O)NC(C)(C)C)[C@H]2[C@@H](CO[Si](C)(C)C(C)(C)C)N2C1=O. The second-order valence-electron chi connectivity index (χ2n) is 9.98. The number of nitrogens with one attached hydrogen (secondary N) is 2. The van der Waals surface area contributed by atoms with Gasteiger partial charge in [0.1, 0.15) is 6.04 Å². The fourth-order valence-electron chi connectivity index (χ4n) is 3.02. The van der Waals surface area contributed by atoms with Crippen LogP contribution in [0.4, 0.5) is 0 Å². The summed E-state index contributed by atoms with van der Waals surface area (Å²) in [6.45, 7) is 19.2. The number of amides is 2. The Bertz CT molecular complexity index is 551. The molecule has 7 heteroatoms. The number of nitrogens with zero attached hydrogens (tertiary/aromatic N) is 1. The molecule has 2 heterocycles. The molecule has 2 rings (SSSR count). The number of carbonyl (C=O) groups excluding carboxylic acids is 2. The molecule has 144 valence electrons. The number of hydrogen-bond donors (Lipinski definition) is 2. The molecule has 4 atom stereocenters. The van der Waals surface area contributed by atoms with Gasteiger partial charge in [-0.25, -0.2) is 0 Å². The second kappa shape index (κ2) is 6.35. The molecular formula is C18H35N3O3Si. The first-order valence-electron chi connectivity index (χ1n) is 9.20. The molecule has 2 aliphatic rings. The van der Waals surface area contributed by atoms with Gasteiger partial charge >= 0.3 is 0 Å². The van der Waals surface area contributed by atoms with E-state index in [1.807, 2.05) is 32.6 Å². The second-order valence-corrected chi connectivity index (χ2v) is 14.8. The molecule has 2 saturated heterocycles.